The summed E-state index contributed by atoms with van der Waals surface area (Å²) in [5.74, 6) is 2.24. The number of carboxylic acids is 1. The summed E-state index contributed by atoms with van der Waals surface area (Å²) < 4.78 is 0. The average molecular weight is 218 g/mol. The highest BCUT2D eigenvalue weighted by Crippen LogP contribution is 2.21. The number of rotatable bonds is 5. The molecule has 1 aliphatic rings. The summed E-state index contributed by atoms with van der Waals surface area (Å²) in [7, 11) is 0. The number of hydrogen-bond acceptors (Lipinski definition) is 4. The third-order valence-electron chi connectivity index (χ3n) is 2.46. The molecule has 1 aliphatic heterocycles. The lowest BCUT2D eigenvalue weighted by Gasteiger charge is -2.21. The summed E-state index contributed by atoms with van der Waals surface area (Å²) in [5, 5.41) is 11.7. The maximum absolute atomic E-state index is 10.4. The molecule has 5 heteroatoms. The SMILES string of the molecule is NC(CNCC1CCSCC1)C(=O)O. The highest BCUT2D eigenvalue weighted by molar-refractivity contribution is 7.99. The van der Waals surface area contributed by atoms with Gasteiger partial charge in [0, 0.05) is 6.54 Å². The smallest absolute Gasteiger partial charge is 0.321 e. The molecule has 0 aromatic heterocycles. The third kappa shape index (κ3) is 4.30. The van der Waals surface area contributed by atoms with Gasteiger partial charge in [-0.05, 0) is 36.8 Å². The number of carboxylic acid groups (broad SMARTS) is 1. The second-order valence-corrected chi connectivity index (χ2v) is 4.88. The van der Waals surface area contributed by atoms with Crippen molar-refractivity contribution in [2.45, 2.75) is 18.9 Å². The minimum Gasteiger partial charge on any atom is -0.480 e. The molecule has 0 saturated carbocycles. The van der Waals surface area contributed by atoms with Gasteiger partial charge < -0.3 is 16.2 Å². The monoisotopic (exact) mass is 218 g/mol. The Hall–Kier alpha value is -0.260. The highest BCUT2D eigenvalue weighted by Gasteiger charge is 2.15. The van der Waals surface area contributed by atoms with E-state index >= 15 is 0 Å². The number of carbonyl (C=O) groups is 1. The van der Waals surface area contributed by atoms with Crippen LogP contribution in [0.2, 0.25) is 0 Å². The van der Waals surface area contributed by atoms with Gasteiger partial charge in [-0.2, -0.15) is 11.8 Å². The van der Waals surface area contributed by atoms with E-state index in [-0.39, 0.29) is 0 Å². The van der Waals surface area contributed by atoms with Gasteiger partial charge in [-0.3, -0.25) is 4.79 Å². The van der Waals surface area contributed by atoms with Crippen LogP contribution in [0.1, 0.15) is 12.8 Å². The summed E-state index contributed by atoms with van der Waals surface area (Å²) in [4.78, 5) is 10.4. The zero-order valence-corrected chi connectivity index (χ0v) is 9.05. The van der Waals surface area contributed by atoms with Crippen molar-refractivity contribution in [2.75, 3.05) is 24.6 Å². The van der Waals surface area contributed by atoms with Crippen LogP contribution in [-0.2, 0) is 4.79 Å². The lowest BCUT2D eigenvalue weighted by atomic mass is 10.0. The molecule has 82 valence electrons. The fraction of sp³-hybridized carbons (Fsp3) is 0.889. The van der Waals surface area contributed by atoms with Gasteiger partial charge in [-0.25, -0.2) is 0 Å². The maximum atomic E-state index is 10.4. The van der Waals surface area contributed by atoms with Crippen molar-refractivity contribution >= 4 is 17.7 Å². The summed E-state index contributed by atoms with van der Waals surface area (Å²) >= 11 is 2.00. The topological polar surface area (TPSA) is 75.3 Å². The molecular weight excluding hydrogens is 200 g/mol. The van der Waals surface area contributed by atoms with E-state index in [1.54, 1.807) is 0 Å². The Morgan fingerprint density at radius 2 is 2.21 bits per heavy atom. The van der Waals surface area contributed by atoms with Gasteiger partial charge in [0.1, 0.15) is 6.04 Å². The molecule has 1 unspecified atom stereocenters. The lowest BCUT2D eigenvalue weighted by molar-refractivity contribution is -0.138. The number of thioether (sulfide) groups is 1. The second-order valence-electron chi connectivity index (χ2n) is 3.66. The van der Waals surface area contributed by atoms with E-state index in [1.807, 2.05) is 11.8 Å². The quantitative estimate of drug-likeness (QED) is 0.611. The fourth-order valence-electron chi connectivity index (χ4n) is 1.48. The van der Waals surface area contributed by atoms with E-state index in [0.29, 0.717) is 12.5 Å². The van der Waals surface area contributed by atoms with Crippen LogP contribution < -0.4 is 11.1 Å². The van der Waals surface area contributed by atoms with Crippen LogP contribution in [0.25, 0.3) is 0 Å². The predicted octanol–water partition coefficient (Wildman–Crippen LogP) is 0.131. The number of nitrogens with two attached hydrogens (primary N) is 1. The van der Waals surface area contributed by atoms with Crippen LogP contribution in [0, 0.1) is 5.92 Å². The Labute approximate surface area is 88.6 Å². The molecule has 0 amide bonds. The summed E-state index contributed by atoms with van der Waals surface area (Å²) in [5.41, 5.74) is 5.37. The molecule has 1 fully saturated rings. The van der Waals surface area contributed by atoms with E-state index < -0.39 is 12.0 Å². The second kappa shape index (κ2) is 6.27. The summed E-state index contributed by atoms with van der Waals surface area (Å²) in [6.45, 7) is 1.28. The molecule has 1 saturated heterocycles. The van der Waals surface area contributed by atoms with Crippen molar-refractivity contribution in [2.24, 2.45) is 11.7 Å². The first-order valence-corrected chi connectivity index (χ1v) is 6.12. The minimum atomic E-state index is -0.934. The Morgan fingerprint density at radius 1 is 1.57 bits per heavy atom. The molecule has 0 spiro atoms. The maximum Gasteiger partial charge on any atom is 0.321 e. The van der Waals surface area contributed by atoms with E-state index in [0.717, 1.165) is 6.54 Å². The van der Waals surface area contributed by atoms with Crippen molar-refractivity contribution in [3.63, 3.8) is 0 Å². The fourth-order valence-corrected chi connectivity index (χ4v) is 2.68. The highest BCUT2D eigenvalue weighted by atomic mass is 32.2. The van der Waals surface area contributed by atoms with Crippen LogP contribution in [0.5, 0.6) is 0 Å². The van der Waals surface area contributed by atoms with E-state index in [4.69, 9.17) is 10.8 Å². The Kier molecular flexibility index (Phi) is 5.29. The molecule has 4 N–H and O–H groups in total. The molecule has 1 rings (SSSR count). The predicted molar refractivity (Wildman–Crippen MR) is 58.5 cm³/mol. The Morgan fingerprint density at radius 3 is 2.79 bits per heavy atom. The van der Waals surface area contributed by atoms with E-state index in [1.165, 1.54) is 24.3 Å². The van der Waals surface area contributed by atoms with Gasteiger partial charge in [-0.15, -0.1) is 0 Å². The third-order valence-corrected chi connectivity index (χ3v) is 3.50. The Bertz CT molecular complexity index is 184. The summed E-state index contributed by atoms with van der Waals surface area (Å²) in [6.07, 6.45) is 2.47. The van der Waals surface area contributed by atoms with Crippen molar-refractivity contribution in [3.8, 4) is 0 Å². The van der Waals surface area contributed by atoms with Gasteiger partial charge >= 0.3 is 5.97 Å². The molecule has 0 aromatic rings. The lowest BCUT2D eigenvalue weighted by Crippen LogP contribution is -2.41. The van der Waals surface area contributed by atoms with E-state index in [9.17, 15) is 4.79 Å². The van der Waals surface area contributed by atoms with Crippen LogP contribution in [-0.4, -0.2) is 41.7 Å². The number of aliphatic carboxylic acids is 1. The zero-order valence-electron chi connectivity index (χ0n) is 8.24. The standard InChI is InChI=1S/C9H18N2O2S/c10-8(9(12)13)6-11-5-7-1-3-14-4-2-7/h7-8,11H,1-6,10H2,(H,12,13). The largest absolute Gasteiger partial charge is 0.480 e. The van der Waals surface area contributed by atoms with Gasteiger partial charge in [0.15, 0.2) is 0 Å². The number of hydrogen-bond donors (Lipinski definition) is 3. The first kappa shape index (κ1) is 11.8. The average Bonchev–Trinajstić information content (AvgIpc) is 2.19. The molecule has 1 heterocycles. The van der Waals surface area contributed by atoms with Crippen LogP contribution >= 0.6 is 11.8 Å². The van der Waals surface area contributed by atoms with Gasteiger partial charge in [0.2, 0.25) is 0 Å². The molecule has 0 aromatic carbocycles. The molecule has 0 bridgehead atoms. The molecular formula is C9H18N2O2S. The van der Waals surface area contributed by atoms with Crippen LogP contribution in [0.4, 0.5) is 0 Å². The normalized spacial score (nSPS) is 20.6. The zero-order chi connectivity index (χ0) is 10.4. The number of nitrogens with one attached hydrogen (secondary N) is 1. The van der Waals surface area contributed by atoms with Crippen LogP contribution in [0.15, 0.2) is 0 Å². The van der Waals surface area contributed by atoms with Gasteiger partial charge in [-0.1, -0.05) is 0 Å². The van der Waals surface area contributed by atoms with Gasteiger partial charge in [0.05, 0.1) is 0 Å². The van der Waals surface area contributed by atoms with Crippen molar-refractivity contribution in [3.05, 3.63) is 0 Å². The molecule has 4 nitrogen and oxygen atoms in total. The molecule has 14 heavy (non-hydrogen) atoms. The van der Waals surface area contributed by atoms with Crippen molar-refractivity contribution in [1.29, 1.82) is 0 Å². The first-order valence-electron chi connectivity index (χ1n) is 4.97. The molecule has 1 atom stereocenters. The summed E-state index contributed by atoms with van der Waals surface area (Å²) in [6, 6.07) is -0.770. The molecule has 0 aliphatic carbocycles. The molecule has 0 radical (unpaired) electrons. The van der Waals surface area contributed by atoms with Crippen LogP contribution in [0.3, 0.4) is 0 Å². The van der Waals surface area contributed by atoms with Crippen molar-refractivity contribution < 1.29 is 9.90 Å². The Balaban J connectivity index is 2.05. The van der Waals surface area contributed by atoms with E-state index in [2.05, 4.69) is 5.32 Å². The first-order chi connectivity index (χ1) is 6.70. The van der Waals surface area contributed by atoms with Gasteiger partial charge in [0.25, 0.3) is 0 Å². The van der Waals surface area contributed by atoms with Crippen molar-refractivity contribution in [1.82, 2.24) is 5.32 Å². The minimum absolute atomic E-state index is 0.374.